The molecule has 0 radical (unpaired) electrons. The summed E-state index contributed by atoms with van der Waals surface area (Å²) in [5, 5.41) is 40.2. The number of H-pyrrole nitrogens is 1. The van der Waals surface area contributed by atoms with E-state index in [1.165, 1.54) is 12.1 Å². The summed E-state index contributed by atoms with van der Waals surface area (Å²) in [6.45, 7) is -0.422. The van der Waals surface area contributed by atoms with Gasteiger partial charge in [-0.25, -0.2) is 0 Å². The quantitative estimate of drug-likeness (QED) is 0.474. The highest BCUT2D eigenvalue weighted by molar-refractivity contribution is 5.89. The van der Waals surface area contributed by atoms with Crippen LogP contribution in [-0.4, -0.2) is 50.1 Å². The molecule has 1 fully saturated rings. The van der Waals surface area contributed by atoms with Crippen molar-refractivity contribution < 1.29 is 25.0 Å². The molecule has 1 aliphatic heterocycles. The predicted molar refractivity (Wildman–Crippen MR) is 71.7 cm³/mol. The van der Waals surface area contributed by atoms with Crippen molar-refractivity contribution in [1.29, 1.82) is 0 Å². The molecule has 8 nitrogen and oxygen atoms in total. The smallest absolute Gasteiger partial charge is 0.278 e. The summed E-state index contributed by atoms with van der Waals surface area (Å²) in [4.78, 5) is 13.5. The van der Waals surface area contributed by atoms with Crippen LogP contribution in [-0.2, 0) is 4.74 Å². The van der Waals surface area contributed by atoms with Gasteiger partial charge in [-0.15, -0.1) is 0 Å². The zero-order valence-electron chi connectivity index (χ0n) is 10.8. The number of aromatic nitrogens is 1. The first-order chi connectivity index (χ1) is 10.0. The minimum Gasteiger partial charge on any atom is -0.394 e. The Morgan fingerprint density at radius 2 is 2.10 bits per heavy atom. The number of nitro groups is 1. The Morgan fingerprint density at radius 1 is 1.33 bits per heavy atom. The van der Waals surface area contributed by atoms with E-state index < -0.39 is 35.9 Å². The third-order valence-corrected chi connectivity index (χ3v) is 3.71. The molecule has 1 aromatic heterocycles. The maximum atomic E-state index is 11.0. The molecule has 4 atom stereocenters. The predicted octanol–water partition coefficient (Wildman–Crippen LogP) is 0.230. The second-order valence-electron chi connectivity index (χ2n) is 4.98. The summed E-state index contributed by atoms with van der Waals surface area (Å²) < 4.78 is 5.40. The van der Waals surface area contributed by atoms with E-state index in [1.807, 2.05) is 0 Å². The average Bonchev–Trinajstić information content (AvgIpc) is 3.01. The normalized spacial score (nSPS) is 29.1. The molecule has 0 unspecified atom stereocenters. The lowest BCUT2D eigenvalue weighted by Crippen LogP contribution is -2.32. The molecular formula is C13H14N2O6. The highest BCUT2D eigenvalue weighted by atomic mass is 16.6. The zero-order valence-corrected chi connectivity index (χ0v) is 10.8. The number of aliphatic hydroxyl groups excluding tert-OH is 3. The number of aromatic amines is 1. The van der Waals surface area contributed by atoms with E-state index in [0.29, 0.717) is 16.6 Å². The van der Waals surface area contributed by atoms with Gasteiger partial charge >= 0.3 is 0 Å². The van der Waals surface area contributed by atoms with E-state index in [0.717, 1.165) is 0 Å². The molecule has 21 heavy (non-hydrogen) atoms. The first kappa shape index (κ1) is 14.0. The van der Waals surface area contributed by atoms with Crippen molar-refractivity contribution in [3.8, 4) is 0 Å². The topological polar surface area (TPSA) is 129 Å². The van der Waals surface area contributed by atoms with Gasteiger partial charge in [0.15, 0.2) is 0 Å². The molecule has 1 saturated heterocycles. The molecule has 0 amide bonds. The minimum absolute atomic E-state index is 0.0539. The summed E-state index contributed by atoms with van der Waals surface area (Å²) >= 11 is 0. The van der Waals surface area contributed by atoms with Gasteiger partial charge in [0.2, 0.25) is 0 Å². The van der Waals surface area contributed by atoms with Crippen LogP contribution in [0.3, 0.4) is 0 Å². The second kappa shape index (κ2) is 5.08. The number of non-ortho nitro benzene ring substituents is 1. The third-order valence-electron chi connectivity index (χ3n) is 3.71. The van der Waals surface area contributed by atoms with E-state index >= 15 is 0 Å². The van der Waals surface area contributed by atoms with Gasteiger partial charge in [0.1, 0.15) is 24.4 Å². The van der Waals surface area contributed by atoms with Crippen molar-refractivity contribution in [3.05, 3.63) is 40.1 Å². The fourth-order valence-corrected chi connectivity index (χ4v) is 2.63. The van der Waals surface area contributed by atoms with E-state index in [4.69, 9.17) is 9.84 Å². The Bertz CT molecular complexity index is 684. The van der Waals surface area contributed by atoms with Crippen LogP contribution in [0.2, 0.25) is 0 Å². The number of aliphatic hydroxyl groups is 3. The molecule has 0 bridgehead atoms. The van der Waals surface area contributed by atoms with Crippen molar-refractivity contribution >= 4 is 16.6 Å². The molecule has 4 N–H and O–H groups in total. The summed E-state index contributed by atoms with van der Waals surface area (Å²) in [5.74, 6) is 0. The SMILES string of the molecule is O=[N+]([O-])c1cccc2[nH]c([C@@H]3O[C@H](CO)[C@@H](O)[C@H]3O)cc12. The number of hydrogen-bond donors (Lipinski definition) is 4. The number of fused-ring (bicyclic) bond motifs is 1. The number of hydrogen-bond acceptors (Lipinski definition) is 6. The van der Waals surface area contributed by atoms with Crippen LogP contribution in [0.15, 0.2) is 24.3 Å². The highest BCUT2D eigenvalue weighted by Gasteiger charge is 2.43. The molecule has 1 aliphatic rings. The number of benzene rings is 1. The molecule has 0 spiro atoms. The molecule has 3 rings (SSSR count). The van der Waals surface area contributed by atoms with Gasteiger partial charge in [-0.3, -0.25) is 10.1 Å². The molecule has 2 aromatic rings. The highest BCUT2D eigenvalue weighted by Crippen LogP contribution is 2.36. The first-order valence-corrected chi connectivity index (χ1v) is 6.41. The lowest BCUT2D eigenvalue weighted by atomic mass is 10.1. The van der Waals surface area contributed by atoms with E-state index in [9.17, 15) is 20.3 Å². The van der Waals surface area contributed by atoms with Crippen LogP contribution in [0.5, 0.6) is 0 Å². The Hall–Kier alpha value is -2.00. The minimum atomic E-state index is -1.21. The van der Waals surface area contributed by atoms with Crippen molar-refractivity contribution in [2.75, 3.05) is 6.61 Å². The van der Waals surface area contributed by atoms with Crippen LogP contribution in [0.25, 0.3) is 10.9 Å². The van der Waals surface area contributed by atoms with E-state index in [-0.39, 0.29) is 5.69 Å². The van der Waals surface area contributed by atoms with Crippen LogP contribution < -0.4 is 0 Å². The molecule has 2 heterocycles. The fraction of sp³-hybridized carbons (Fsp3) is 0.385. The van der Waals surface area contributed by atoms with Crippen molar-refractivity contribution in [2.45, 2.75) is 24.4 Å². The standard InChI is InChI=1S/C13H14N2O6/c16-5-10-11(17)12(18)13(21-10)8-4-6-7(14-8)2-1-3-9(6)15(19)20/h1-4,10-14,16-18H,5H2/t10-,11-,12-,13+/m1/s1. The largest absolute Gasteiger partial charge is 0.394 e. The molecule has 112 valence electrons. The summed E-state index contributed by atoms with van der Waals surface area (Å²) in [6, 6.07) is 6.14. The monoisotopic (exact) mass is 294 g/mol. The molecule has 0 saturated carbocycles. The average molecular weight is 294 g/mol. The van der Waals surface area contributed by atoms with Crippen LogP contribution in [0.4, 0.5) is 5.69 Å². The van der Waals surface area contributed by atoms with Crippen molar-refractivity contribution in [2.24, 2.45) is 0 Å². The van der Waals surface area contributed by atoms with Gasteiger partial charge < -0.3 is 25.0 Å². The zero-order chi connectivity index (χ0) is 15.1. The second-order valence-corrected chi connectivity index (χ2v) is 4.98. The number of nitrogens with one attached hydrogen (secondary N) is 1. The number of nitro benzene ring substituents is 1. The Labute approximate surface area is 118 Å². The van der Waals surface area contributed by atoms with E-state index in [2.05, 4.69) is 4.98 Å². The Kier molecular flexibility index (Phi) is 3.38. The lowest BCUT2D eigenvalue weighted by molar-refractivity contribution is -0.383. The van der Waals surface area contributed by atoms with Crippen molar-refractivity contribution in [3.63, 3.8) is 0 Å². The van der Waals surface area contributed by atoms with Gasteiger partial charge in [-0.2, -0.15) is 0 Å². The number of ether oxygens (including phenoxy) is 1. The Balaban J connectivity index is 2.02. The van der Waals surface area contributed by atoms with Gasteiger partial charge in [0.05, 0.1) is 22.4 Å². The summed E-state index contributed by atoms with van der Waals surface area (Å²) in [5.41, 5.74) is 0.903. The summed E-state index contributed by atoms with van der Waals surface area (Å²) in [7, 11) is 0. The van der Waals surface area contributed by atoms with Gasteiger partial charge in [-0.1, -0.05) is 6.07 Å². The van der Waals surface area contributed by atoms with E-state index in [1.54, 1.807) is 12.1 Å². The fourth-order valence-electron chi connectivity index (χ4n) is 2.63. The molecule has 0 aliphatic carbocycles. The van der Waals surface area contributed by atoms with Crippen LogP contribution >= 0.6 is 0 Å². The molecular weight excluding hydrogens is 280 g/mol. The van der Waals surface area contributed by atoms with Crippen LogP contribution in [0.1, 0.15) is 11.8 Å². The summed E-state index contributed by atoms with van der Waals surface area (Å²) in [6.07, 6.45) is -4.17. The number of nitrogens with zero attached hydrogens (tertiary/aromatic N) is 1. The molecule has 8 heteroatoms. The molecule has 1 aromatic carbocycles. The van der Waals surface area contributed by atoms with Crippen molar-refractivity contribution in [1.82, 2.24) is 4.98 Å². The maximum absolute atomic E-state index is 11.0. The Morgan fingerprint density at radius 3 is 2.71 bits per heavy atom. The van der Waals surface area contributed by atoms with Gasteiger partial charge in [-0.05, 0) is 12.1 Å². The first-order valence-electron chi connectivity index (χ1n) is 6.41. The number of rotatable bonds is 3. The van der Waals surface area contributed by atoms with Gasteiger partial charge in [0.25, 0.3) is 5.69 Å². The maximum Gasteiger partial charge on any atom is 0.278 e. The van der Waals surface area contributed by atoms with Gasteiger partial charge in [0, 0.05) is 11.8 Å². The lowest BCUT2D eigenvalue weighted by Gasteiger charge is -2.12. The van der Waals surface area contributed by atoms with Crippen LogP contribution in [0, 0.1) is 10.1 Å². The third kappa shape index (κ3) is 2.18.